The van der Waals surface area contributed by atoms with Crippen molar-refractivity contribution in [1.82, 2.24) is 9.80 Å². The molecule has 0 saturated carbocycles. The van der Waals surface area contributed by atoms with Crippen molar-refractivity contribution in [2.45, 2.75) is 64.8 Å². The highest BCUT2D eigenvalue weighted by Gasteiger charge is 2.30. The van der Waals surface area contributed by atoms with Crippen molar-refractivity contribution in [3.63, 3.8) is 0 Å². The van der Waals surface area contributed by atoms with Crippen LogP contribution in [-0.4, -0.2) is 85.2 Å². The Morgan fingerprint density at radius 2 is 1.69 bits per heavy atom. The molecule has 4 atom stereocenters. The van der Waals surface area contributed by atoms with E-state index in [0.29, 0.717) is 53.9 Å². The van der Waals surface area contributed by atoms with Crippen LogP contribution < -0.4 is 24.8 Å². The first-order valence-corrected chi connectivity index (χ1v) is 16.7. The third-order valence-corrected chi connectivity index (χ3v) is 8.73. The van der Waals surface area contributed by atoms with Gasteiger partial charge in [-0.25, -0.2) is 4.79 Å². The number of likely N-dealkylation sites (N-methyl/N-ethyl adjacent to an activating group) is 1. The maximum Gasteiger partial charge on any atom is 0.323 e. The van der Waals surface area contributed by atoms with Gasteiger partial charge in [-0.15, -0.1) is 0 Å². The van der Waals surface area contributed by atoms with E-state index >= 15 is 0 Å². The summed E-state index contributed by atoms with van der Waals surface area (Å²) in [4.78, 5) is 31.3. The Morgan fingerprint density at radius 1 is 0.979 bits per heavy atom. The molecule has 2 heterocycles. The van der Waals surface area contributed by atoms with E-state index in [9.17, 15) is 14.7 Å². The molecule has 0 unspecified atom stereocenters. The lowest BCUT2D eigenvalue weighted by Gasteiger charge is -2.36. The van der Waals surface area contributed by atoms with Gasteiger partial charge in [0.15, 0.2) is 11.5 Å². The number of hydrogen-bond acceptors (Lipinski definition) is 8. The lowest BCUT2D eigenvalue weighted by atomic mass is 10.0. The number of aliphatic hydroxyl groups excluding tert-OH is 1. The number of urea groups is 1. The summed E-state index contributed by atoms with van der Waals surface area (Å²) in [7, 11) is 2.08. The molecule has 48 heavy (non-hydrogen) atoms. The molecule has 0 spiro atoms. The Balaban J connectivity index is 1.36. The number of fused-ring (bicyclic) bond motifs is 2. The lowest BCUT2D eigenvalue weighted by molar-refractivity contribution is -0.0177. The predicted octanol–water partition coefficient (Wildman–Crippen LogP) is 5.99. The summed E-state index contributed by atoms with van der Waals surface area (Å²) in [6, 6.07) is 19.6. The third kappa shape index (κ3) is 9.40. The van der Waals surface area contributed by atoms with E-state index in [1.165, 1.54) is 5.56 Å². The van der Waals surface area contributed by atoms with Gasteiger partial charge in [-0.3, -0.25) is 9.69 Å². The Hall–Kier alpha value is -4.32. The number of hydrogen-bond donors (Lipinski definition) is 3. The van der Waals surface area contributed by atoms with Crippen molar-refractivity contribution in [2.24, 2.45) is 5.92 Å². The van der Waals surface area contributed by atoms with Crippen molar-refractivity contribution < 1.29 is 33.6 Å². The predicted molar refractivity (Wildman–Crippen MR) is 185 cm³/mol. The average Bonchev–Trinajstić information content (AvgIpc) is 3.54. The van der Waals surface area contributed by atoms with Crippen molar-refractivity contribution in [3.05, 3.63) is 77.9 Å². The first-order valence-electron chi connectivity index (χ1n) is 16.7. The van der Waals surface area contributed by atoms with Gasteiger partial charge in [0.2, 0.25) is 6.79 Å². The van der Waals surface area contributed by atoms with Gasteiger partial charge in [0, 0.05) is 49.6 Å². The van der Waals surface area contributed by atoms with E-state index in [2.05, 4.69) is 41.6 Å². The number of rotatable bonds is 8. The SMILES string of the molecule is C[C@H]1CCCCO[C@H](CN(C)Cc2ccccc2)[C@@H](C)CN([C@@H](C)CO)C(=O)c2cc(NC(=O)Nc3ccc4c(c3)OCO4)ccc2O1. The molecule has 11 heteroatoms. The minimum atomic E-state index is -0.481. The molecule has 3 N–H and O–H groups in total. The number of benzene rings is 3. The van der Waals surface area contributed by atoms with Gasteiger partial charge in [0.05, 0.1) is 30.4 Å². The van der Waals surface area contributed by atoms with Gasteiger partial charge >= 0.3 is 6.03 Å². The lowest BCUT2D eigenvalue weighted by Crippen LogP contribution is -2.47. The van der Waals surface area contributed by atoms with Crippen molar-refractivity contribution in [2.75, 3.05) is 50.8 Å². The van der Waals surface area contributed by atoms with E-state index < -0.39 is 12.1 Å². The summed E-state index contributed by atoms with van der Waals surface area (Å²) < 4.78 is 23.6. The fourth-order valence-electron chi connectivity index (χ4n) is 6.00. The quantitative estimate of drug-likeness (QED) is 0.270. The number of nitrogens with one attached hydrogen (secondary N) is 2. The molecule has 0 radical (unpaired) electrons. The smallest absolute Gasteiger partial charge is 0.323 e. The average molecular weight is 661 g/mol. The minimum absolute atomic E-state index is 0.0406. The van der Waals surface area contributed by atoms with Gasteiger partial charge in [-0.2, -0.15) is 0 Å². The van der Waals surface area contributed by atoms with Crippen LogP contribution in [0.1, 0.15) is 56.0 Å². The monoisotopic (exact) mass is 660 g/mol. The van der Waals surface area contributed by atoms with Crippen LogP contribution in [0.4, 0.5) is 16.2 Å². The highest BCUT2D eigenvalue weighted by atomic mass is 16.7. The summed E-state index contributed by atoms with van der Waals surface area (Å²) in [6.45, 7) is 8.29. The molecule has 3 aromatic rings. The summed E-state index contributed by atoms with van der Waals surface area (Å²) in [5.74, 6) is 1.27. The molecular formula is C37H48N4O7. The first kappa shape index (κ1) is 35.0. The van der Waals surface area contributed by atoms with Crippen LogP contribution >= 0.6 is 0 Å². The summed E-state index contributed by atoms with van der Waals surface area (Å²) >= 11 is 0. The highest BCUT2D eigenvalue weighted by Crippen LogP contribution is 2.34. The Bertz CT molecular complexity index is 1520. The summed E-state index contributed by atoms with van der Waals surface area (Å²) in [6.07, 6.45) is 2.31. The minimum Gasteiger partial charge on any atom is -0.490 e. The number of ether oxygens (including phenoxy) is 4. The van der Waals surface area contributed by atoms with Crippen molar-refractivity contribution in [1.29, 1.82) is 0 Å². The molecule has 5 rings (SSSR count). The van der Waals surface area contributed by atoms with Gasteiger partial charge < -0.3 is 39.6 Å². The second-order valence-corrected chi connectivity index (χ2v) is 12.8. The topological polar surface area (TPSA) is 122 Å². The maximum atomic E-state index is 14.4. The third-order valence-electron chi connectivity index (χ3n) is 8.73. The van der Waals surface area contributed by atoms with Crippen LogP contribution in [0.2, 0.25) is 0 Å². The number of amides is 3. The molecule has 0 fully saturated rings. The van der Waals surface area contributed by atoms with E-state index in [1.54, 1.807) is 41.3 Å². The largest absolute Gasteiger partial charge is 0.490 e. The molecule has 0 aliphatic carbocycles. The second-order valence-electron chi connectivity index (χ2n) is 12.8. The zero-order valence-corrected chi connectivity index (χ0v) is 28.3. The fraction of sp³-hybridized carbons (Fsp3) is 0.459. The number of anilines is 2. The van der Waals surface area contributed by atoms with Crippen LogP contribution in [0.15, 0.2) is 66.7 Å². The van der Waals surface area contributed by atoms with E-state index in [4.69, 9.17) is 18.9 Å². The number of carbonyl (C=O) groups is 2. The zero-order chi connectivity index (χ0) is 34.0. The summed E-state index contributed by atoms with van der Waals surface area (Å²) in [5.41, 5.74) is 2.49. The van der Waals surface area contributed by atoms with Gasteiger partial charge in [0.25, 0.3) is 5.91 Å². The van der Waals surface area contributed by atoms with Crippen LogP contribution in [0, 0.1) is 5.92 Å². The number of nitrogens with zero attached hydrogens (tertiary/aromatic N) is 2. The second kappa shape index (κ2) is 16.7. The van der Waals surface area contributed by atoms with Gasteiger partial charge in [0.1, 0.15) is 5.75 Å². The zero-order valence-electron chi connectivity index (χ0n) is 28.3. The van der Waals surface area contributed by atoms with E-state index in [-0.39, 0.29) is 37.4 Å². The molecule has 0 aromatic heterocycles. The number of aliphatic hydroxyl groups is 1. The van der Waals surface area contributed by atoms with Gasteiger partial charge in [-0.05, 0) is 76.1 Å². The Kier molecular flexibility index (Phi) is 12.2. The number of carbonyl (C=O) groups excluding carboxylic acids is 2. The van der Waals surface area contributed by atoms with Crippen LogP contribution in [-0.2, 0) is 11.3 Å². The van der Waals surface area contributed by atoms with Crippen LogP contribution in [0.5, 0.6) is 17.2 Å². The molecule has 3 aromatic carbocycles. The van der Waals surface area contributed by atoms with Crippen LogP contribution in [0.25, 0.3) is 0 Å². The van der Waals surface area contributed by atoms with Crippen molar-refractivity contribution >= 4 is 23.3 Å². The van der Waals surface area contributed by atoms with Gasteiger partial charge in [-0.1, -0.05) is 37.3 Å². The summed E-state index contributed by atoms with van der Waals surface area (Å²) in [5, 5.41) is 15.9. The van der Waals surface area contributed by atoms with E-state index in [0.717, 1.165) is 25.8 Å². The van der Waals surface area contributed by atoms with Crippen molar-refractivity contribution in [3.8, 4) is 17.2 Å². The molecule has 258 valence electrons. The molecular weight excluding hydrogens is 612 g/mol. The Labute approximate surface area is 283 Å². The molecule has 0 saturated heterocycles. The molecule has 0 bridgehead atoms. The van der Waals surface area contributed by atoms with Crippen LogP contribution in [0.3, 0.4) is 0 Å². The molecule has 3 amide bonds. The maximum absolute atomic E-state index is 14.4. The highest BCUT2D eigenvalue weighted by molar-refractivity contribution is 6.02. The fourth-order valence-corrected chi connectivity index (χ4v) is 6.00. The normalized spacial score (nSPS) is 20.8. The Morgan fingerprint density at radius 3 is 2.44 bits per heavy atom. The molecule has 2 aliphatic heterocycles. The molecule has 2 aliphatic rings. The van der Waals surface area contributed by atoms with E-state index in [1.807, 2.05) is 32.0 Å². The first-order chi connectivity index (χ1) is 23.2. The standard InChI is InChI=1S/C37H48N4O7/c1-25-20-41(26(2)23-42)36(43)31-18-29(38-37(44)39-30-14-16-33-34(19-30)47-24-46-33)13-15-32(31)48-27(3)10-8-9-17-45-35(25)22-40(4)21-28-11-6-5-7-12-28/h5-7,11-16,18-19,25-27,35,42H,8-10,17,20-24H2,1-4H3,(H2,38,39,44)/t25-,26-,27-,35+/m0/s1. The molecule has 11 nitrogen and oxygen atoms in total.